The molecule has 0 N–H and O–H groups in total. The number of benzene rings is 8. The van der Waals surface area contributed by atoms with Gasteiger partial charge in [-0.3, -0.25) is 0 Å². The van der Waals surface area contributed by atoms with Gasteiger partial charge in [-0.25, -0.2) is 9.97 Å². The van der Waals surface area contributed by atoms with Crippen LogP contribution in [0.1, 0.15) is 48.8 Å². The number of hydrogen-bond acceptors (Lipinski definition) is 3. The Morgan fingerprint density at radius 2 is 1.07 bits per heavy atom. The molecule has 4 aliphatic carbocycles. The second kappa shape index (κ2) is 13.1. The highest BCUT2D eigenvalue weighted by atomic mass is 14.9. The van der Waals surface area contributed by atoms with Gasteiger partial charge in [-0.05, 0) is 128 Å². The van der Waals surface area contributed by atoms with Crippen LogP contribution in [0.25, 0.3) is 77.3 Å². The molecule has 0 aliphatic heterocycles. The van der Waals surface area contributed by atoms with E-state index in [1.165, 1.54) is 75.9 Å². The number of nitriles is 1. The zero-order valence-corrected chi connectivity index (χ0v) is 32.8. The van der Waals surface area contributed by atoms with Crippen molar-refractivity contribution in [2.45, 2.75) is 42.9 Å². The first-order valence-electron chi connectivity index (χ1n) is 21.1. The van der Waals surface area contributed by atoms with Crippen molar-refractivity contribution in [2.24, 2.45) is 11.8 Å². The maximum absolute atomic E-state index is 9.73. The largest absolute Gasteiger partial charge is 0.228 e. The van der Waals surface area contributed by atoms with Gasteiger partial charge in [0.05, 0.1) is 23.0 Å². The molecule has 1 heterocycles. The molecule has 4 bridgehead atoms. The summed E-state index contributed by atoms with van der Waals surface area (Å²) in [6, 6.07) is 66.1. The zero-order chi connectivity index (χ0) is 39.1. The van der Waals surface area contributed by atoms with Crippen molar-refractivity contribution in [3.63, 3.8) is 0 Å². The lowest BCUT2D eigenvalue weighted by molar-refractivity contribution is 0.220. The summed E-state index contributed by atoms with van der Waals surface area (Å²) in [5.74, 6) is 2.22. The number of nitrogens with zero attached hydrogens (tertiary/aromatic N) is 3. The Bertz CT molecular complexity index is 3080. The van der Waals surface area contributed by atoms with E-state index in [1.54, 1.807) is 0 Å². The molecule has 1 aromatic heterocycles. The van der Waals surface area contributed by atoms with Gasteiger partial charge in [-0.2, -0.15) is 5.26 Å². The van der Waals surface area contributed by atoms with Crippen molar-refractivity contribution in [1.82, 2.24) is 9.97 Å². The first-order chi connectivity index (χ1) is 29.0. The van der Waals surface area contributed by atoms with Gasteiger partial charge in [0, 0.05) is 22.1 Å². The minimum atomic E-state index is 0.191. The standard InChI is InChI=1S/C56H41N3/c57-34-45-21-26-50(51-12-6-5-11-49(45)51)39-17-24-47(25-18-39)56-32-36-27-48(56)33-55(31-36,35-56)46-22-19-40(20-23-46)54-58-52(43-15-13-37-7-1-3-9-41(37)28-43)30-53(59-54)44-16-14-38-8-2-4-10-42(38)29-44/h1-26,28-30,36,48H,27,31-33,35H2. The highest BCUT2D eigenvalue weighted by Gasteiger charge is 2.64. The second-order valence-electron chi connectivity index (χ2n) is 17.6. The van der Waals surface area contributed by atoms with Crippen LogP contribution in [0, 0.1) is 23.2 Å². The maximum atomic E-state index is 9.73. The van der Waals surface area contributed by atoms with Crippen molar-refractivity contribution in [2.75, 3.05) is 0 Å². The number of hydrogen-bond donors (Lipinski definition) is 0. The molecule has 13 rings (SSSR count). The summed E-state index contributed by atoms with van der Waals surface area (Å²) >= 11 is 0. The van der Waals surface area contributed by atoms with Crippen LogP contribution < -0.4 is 0 Å². The van der Waals surface area contributed by atoms with Crippen LogP contribution in [0.4, 0.5) is 0 Å². The van der Waals surface area contributed by atoms with Crippen molar-refractivity contribution in [3.8, 4) is 51.1 Å². The van der Waals surface area contributed by atoms with Crippen molar-refractivity contribution < 1.29 is 0 Å². The maximum Gasteiger partial charge on any atom is 0.160 e. The SMILES string of the molecule is N#Cc1ccc(-c2ccc(C34CC5CC3CC(c3ccc(-c6nc(-c7ccc8ccccc8c7)cc(-c7ccc8ccccc8c7)n6)cc3)(C5)C4)cc2)c2ccccc12. The second-order valence-corrected chi connectivity index (χ2v) is 17.6. The molecule has 4 fully saturated rings. The molecule has 3 nitrogen and oxygen atoms in total. The molecule has 4 atom stereocenters. The summed E-state index contributed by atoms with van der Waals surface area (Å²) in [6.45, 7) is 0. The Balaban J connectivity index is 0.884. The van der Waals surface area contributed by atoms with Crippen molar-refractivity contribution in [3.05, 3.63) is 193 Å². The van der Waals surface area contributed by atoms with Crippen LogP contribution in [-0.2, 0) is 10.8 Å². The molecule has 4 saturated carbocycles. The third kappa shape index (κ3) is 5.47. The fraction of sp³-hybridized carbons (Fsp3) is 0.161. The summed E-state index contributed by atoms with van der Waals surface area (Å²) in [7, 11) is 0. The smallest absolute Gasteiger partial charge is 0.160 e. The van der Waals surface area contributed by atoms with Gasteiger partial charge in [0.15, 0.2) is 5.82 Å². The Morgan fingerprint density at radius 1 is 0.492 bits per heavy atom. The zero-order valence-electron chi connectivity index (χ0n) is 32.8. The van der Waals surface area contributed by atoms with Crippen molar-refractivity contribution >= 4 is 32.3 Å². The molecule has 4 unspecified atom stereocenters. The van der Waals surface area contributed by atoms with Gasteiger partial charge >= 0.3 is 0 Å². The fourth-order valence-electron chi connectivity index (χ4n) is 11.9. The molecule has 3 heteroatoms. The predicted octanol–water partition coefficient (Wildman–Crippen LogP) is 13.9. The van der Waals surface area contributed by atoms with Crippen LogP contribution in [0.15, 0.2) is 176 Å². The van der Waals surface area contributed by atoms with E-state index < -0.39 is 0 Å². The number of fused-ring (bicyclic) bond motifs is 3. The molecule has 0 radical (unpaired) electrons. The Hall–Kier alpha value is -6.89. The van der Waals surface area contributed by atoms with Crippen LogP contribution in [0.5, 0.6) is 0 Å². The van der Waals surface area contributed by atoms with E-state index in [1.807, 2.05) is 12.1 Å². The molecule has 280 valence electrons. The summed E-state index contributed by atoms with van der Waals surface area (Å²) < 4.78 is 0. The molecule has 4 aliphatic rings. The Labute approximate surface area is 344 Å². The first kappa shape index (κ1) is 34.2. The minimum Gasteiger partial charge on any atom is -0.228 e. The van der Waals surface area contributed by atoms with E-state index in [2.05, 4.69) is 170 Å². The predicted molar refractivity (Wildman–Crippen MR) is 241 cm³/mol. The lowest BCUT2D eigenvalue weighted by atomic mass is 9.62. The average molecular weight is 756 g/mol. The topological polar surface area (TPSA) is 49.6 Å². The van der Waals surface area contributed by atoms with Crippen LogP contribution >= 0.6 is 0 Å². The molecular weight excluding hydrogens is 715 g/mol. The normalized spacial score (nSPS) is 21.7. The minimum absolute atomic E-state index is 0.191. The summed E-state index contributed by atoms with van der Waals surface area (Å²) in [6.07, 6.45) is 6.38. The van der Waals surface area contributed by atoms with Gasteiger partial charge < -0.3 is 0 Å². The molecule has 59 heavy (non-hydrogen) atoms. The molecule has 0 saturated heterocycles. The summed E-state index contributed by atoms with van der Waals surface area (Å²) in [4.78, 5) is 10.5. The van der Waals surface area contributed by atoms with E-state index >= 15 is 0 Å². The molecule has 8 aromatic carbocycles. The number of aromatic nitrogens is 2. The van der Waals surface area contributed by atoms with Crippen LogP contribution in [0.2, 0.25) is 0 Å². The van der Waals surface area contributed by atoms with E-state index in [4.69, 9.17) is 9.97 Å². The average Bonchev–Trinajstić information content (AvgIpc) is 3.70. The van der Waals surface area contributed by atoms with E-state index in [9.17, 15) is 5.26 Å². The lowest BCUT2D eigenvalue weighted by Gasteiger charge is -2.42. The highest BCUT2D eigenvalue weighted by Crippen LogP contribution is 2.71. The van der Waals surface area contributed by atoms with Gasteiger partial charge in [0.2, 0.25) is 0 Å². The molecule has 0 spiro atoms. The van der Waals surface area contributed by atoms with Gasteiger partial charge in [-0.15, -0.1) is 0 Å². The van der Waals surface area contributed by atoms with Gasteiger partial charge in [0.25, 0.3) is 0 Å². The highest BCUT2D eigenvalue weighted by molar-refractivity contribution is 5.99. The Morgan fingerprint density at radius 3 is 1.73 bits per heavy atom. The summed E-state index contributed by atoms with van der Waals surface area (Å²) in [5, 5.41) is 16.7. The van der Waals surface area contributed by atoms with Crippen LogP contribution in [0.3, 0.4) is 0 Å². The third-order valence-corrected chi connectivity index (χ3v) is 14.4. The fourth-order valence-corrected chi connectivity index (χ4v) is 11.9. The van der Waals surface area contributed by atoms with E-state index in [-0.39, 0.29) is 10.8 Å². The third-order valence-electron chi connectivity index (χ3n) is 14.4. The lowest BCUT2D eigenvalue weighted by Crippen LogP contribution is -2.35. The molecular formula is C56H41N3. The summed E-state index contributed by atoms with van der Waals surface area (Å²) in [5.41, 5.74) is 11.6. The monoisotopic (exact) mass is 755 g/mol. The van der Waals surface area contributed by atoms with E-state index in [0.29, 0.717) is 5.92 Å². The number of rotatable bonds is 6. The van der Waals surface area contributed by atoms with Crippen LogP contribution in [-0.4, -0.2) is 9.97 Å². The quantitative estimate of drug-likeness (QED) is 0.170. The van der Waals surface area contributed by atoms with Crippen molar-refractivity contribution in [1.29, 1.82) is 5.26 Å². The molecule has 9 aromatic rings. The van der Waals surface area contributed by atoms with Gasteiger partial charge in [0.1, 0.15) is 0 Å². The van der Waals surface area contributed by atoms with E-state index in [0.717, 1.165) is 56.2 Å². The first-order valence-corrected chi connectivity index (χ1v) is 21.1. The van der Waals surface area contributed by atoms with Gasteiger partial charge in [-0.1, -0.05) is 152 Å². The molecule has 0 amide bonds. The Kier molecular flexibility index (Phi) is 7.57.